The van der Waals surface area contributed by atoms with Gasteiger partial charge in [-0.05, 0) is 65.0 Å². The van der Waals surface area contributed by atoms with E-state index in [1.807, 2.05) is 0 Å². The molecule has 0 bridgehead atoms. The molecule has 2 aliphatic heterocycles. The minimum absolute atomic E-state index is 0. The van der Waals surface area contributed by atoms with Crippen LogP contribution in [0.1, 0.15) is 18.4 Å². The van der Waals surface area contributed by atoms with E-state index in [-0.39, 0.29) is 18.2 Å². The first-order valence-electron chi connectivity index (χ1n) is 7.33. The van der Waals surface area contributed by atoms with Gasteiger partial charge in [0.15, 0.2) is 0 Å². The molecule has 3 rings (SSSR count). The van der Waals surface area contributed by atoms with Gasteiger partial charge in [0.05, 0.1) is 4.47 Å². The molecule has 8 heteroatoms. The molecule has 1 unspecified atom stereocenters. The third-order valence-corrected chi connectivity index (χ3v) is 5.10. The SMILES string of the molecule is Cl.FC(F)(F)Oc1ccc(CN2CCC3(CCNC3)C2)cc1Br. The zero-order valence-corrected chi connectivity index (χ0v) is 14.9. The number of nitrogens with one attached hydrogen (secondary N) is 1. The molecule has 0 aliphatic carbocycles. The third kappa shape index (κ3) is 4.75. The van der Waals surface area contributed by atoms with Crippen LogP contribution in [0.5, 0.6) is 5.75 Å². The van der Waals surface area contributed by atoms with E-state index in [9.17, 15) is 13.2 Å². The number of hydrogen-bond acceptors (Lipinski definition) is 3. The Bertz CT molecular complexity index is 550. The summed E-state index contributed by atoms with van der Waals surface area (Å²) in [4.78, 5) is 2.37. The molecule has 0 aromatic heterocycles. The lowest BCUT2D eigenvalue weighted by Crippen LogP contribution is -2.28. The van der Waals surface area contributed by atoms with Crippen LogP contribution in [0.3, 0.4) is 0 Å². The van der Waals surface area contributed by atoms with E-state index in [0.717, 1.165) is 38.3 Å². The van der Waals surface area contributed by atoms with Gasteiger partial charge in [-0.25, -0.2) is 0 Å². The van der Waals surface area contributed by atoms with Gasteiger partial charge in [-0.1, -0.05) is 6.07 Å². The molecule has 0 saturated carbocycles. The van der Waals surface area contributed by atoms with E-state index in [1.165, 1.54) is 18.9 Å². The van der Waals surface area contributed by atoms with Gasteiger partial charge in [0.1, 0.15) is 5.75 Å². The molecule has 1 spiro atoms. The topological polar surface area (TPSA) is 24.5 Å². The minimum Gasteiger partial charge on any atom is -0.405 e. The van der Waals surface area contributed by atoms with Crippen LogP contribution in [0.4, 0.5) is 13.2 Å². The lowest BCUT2D eigenvalue weighted by atomic mass is 9.86. The molecule has 2 aliphatic rings. The van der Waals surface area contributed by atoms with Crippen LogP contribution in [-0.4, -0.2) is 37.4 Å². The van der Waals surface area contributed by atoms with E-state index < -0.39 is 6.36 Å². The van der Waals surface area contributed by atoms with Crippen LogP contribution in [0.15, 0.2) is 22.7 Å². The first kappa shape index (κ1) is 18.8. The van der Waals surface area contributed by atoms with Crippen molar-refractivity contribution in [2.24, 2.45) is 5.41 Å². The molecule has 2 saturated heterocycles. The van der Waals surface area contributed by atoms with Crippen LogP contribution in [0, 0.1) is 5.41 Å². The second-order valence-corrected chi connectivity index (χ2v) is 7.05. The summed E-state index contributed by atoms with van der Waals surface area (Å²) >= 11 is 3.16. The van der Waals surface area contributed by atoms with Crippen molar-refractivity contribution in [3.05, 3.63) is 28.2 Å². The number of hydrogen-bond donors (Lipinski definition) is 1. The number of rotatable bonds is 3. The first-order chi connectivity index (χ1) is 10.4. The average molecular weight is 416 g/mol. The lowest BCUT2D eigenvalue weighted by Gasteiger charge is -2.23. The highest BCUT2D eigenvalue weighted by molar-refractivity contribution is 9.10. The predicted molar refractivity (Wildman–Crippen MR) is 87.9 cm³/mol. The molecular formula is C15H19BrClF3N2O. The quantitative estimate of drug-likeness (QED) is 0.809. The maximum Gasteiger partial charge on any atom is 0.573 e. The van der Waals surface area contributed by atoms with Gasteiger partial charge in [-0.2, -0.15) is 0 Å². The summed E-state index contributed by atoms with van der Waals surface area (Å²) in [6.45, 7) is 5.01. The summed E-state index contributed by atoms with van der Waals surface area (Å²) in [5.41, 5.74) is 1.39. The third-order valence-electron chi connectivity index (χ3n) is 4.48. The Hall–Kier alpha value is -0.500. The highest BCUT2D eigenvalue weighted by Gasteiger charge is 2.40. The monoisotopic (exact) mass is 414 g/mol. The van der Waals surface area contributed by atoms with Crippen molar-refractivity contribution in [2.75, 3.05) is 26.2 Å². The van der Waals surface area contributed by atoms with Crippen molar-refractivity contribution in [2.45, 2.75) is 25.7 Å². The zero-order valence-electron chi connectivity index (χ0n) is 12.5. The van der Waals surface area contributed by atoms with Gasteiger partial charge in [-0.3, -0.25) is 4.90 Å². The average Bonchev–Trinajstić information content (AvgIpc) is 3.03. The van der Waals surface area contributed by atoms with Gasteiger partial charge in [0.25, 0.3) is 0 Å². The Morgan fingerprint density at radius 2 is 2.09 bits per heavy atom. The normalized spacial score (nSPS) is 24.9. The predicted octanol–water partition coefficient (Wildman–Crippen LogP) is 3.95. The van der Waals surface area contributed by atoms with E-state index in [2.05, 4.69) is 30.9 Å². The van der Waals surface area contributed by atoms with Gasteiger partial charge >= 0.3 is 6.36 Å². The van der Waals surface area contributed by atoms with Crippen molar-refractivity contribution >= 4 is 28.3 Å². The number of ether oxygens (including phenoxy) is 1. The largest absolute Gasteiger partial charge is 0.573 e. The van der Waals surface area contributed by atoms with Gasteiger partial charge < -0.3 is 10.1 Å². The molecule has 1 aromatic rings. The van der Waals surface area contributed by atoms with Crippen LogP contribution >= 0.6 is 28.3 Å². The second-order valence-electron chi connectivity index (χ2n) is 6.20. The Morgan fingerprint density at radius 1 is 1.30 bits per heavy atom. The Morgan fingerprint density at radius 3 is 2.70 bits per heavy atom. The molecule has 2 heterocycles. The highest BCUT2D eigenvalue weighted by atomic mass is 79.9. The van der Waals surface area contributed by atoms with Gasteiger partial charge in [0, 0.05) is 19.6 Å². The second kappa shape index (κ2) is 7.17. The standard InChI is InChI=1S/C15H18BrF3N2O.ClH/c16-12-7-11(1-2-13(12)22-15(17,18)19)8-21-6-4-14(10-21)3-5-20-9-14;/h1-2,7,20H,3-6,8-10H2;1H. The Kier molecular flexibility index (Phi) is 5.87. The summed E-state index contributed by atoms with van der Waals surface area (Å²) in [7, 11) is 0. The van der Waals surface area contributed by atoms with Crippen molar-refractivity contribution in [1.82, 2.24) is 10.2 Å². The number of nitrogens with zero attached hydrogens (tertiary/aromatic N) is 1. The molecule has 0 radical (unpaired) electrons. The van der Waals surface area contributed by atoms with E-state index >= 15 is 0 Å². The number of benzene rings is 1. The van der Waals surface area contributed by atoms with Crippen LogP contribution < -0.4 is 10.1 Å². The highest BCUT2D eigenvalue weighted by Crippen LogP contribution is 2.37. The molecule has 0 amide bonds. The molecule has 23 heavy (non-hydrogen) atoms. The van der Waals surface area contributed by atoms with Crippen LogP contribution in [-0.2, 0) is 6.54 Å². The van der Waals surface area contributed by atoms with Crippen molar-refractivity contribution in [3.8, 4) is 5.75 Å². The maximum absolute atomic E-state index is 12.3. The van der Waals surface area contributed by atoms with Crippen LogP contribution in [0.25, 0.3) is 0 Å². The summed E-state index contributed by atoms with van der Waals surface area (Å²) in [6, 6.07) is 4.78. The minimum atomic E-state index is -4.67. The van der Waals surface area contributed by atoms with Crippen molar-refractivity contribution < 1.29 is 17.9 Å². The fraction of sp³-hybridized carbons (Fsp3) is 0.600. The molecule has 2 fully saturated rings. The van der Waals surface area contributed by atoms with Crippen molar-refractivity contribution in [1.29, 1.82) is 0 Å². The molecule has 3 nitrogen and oxygen atoms in total. The van der Waals surface area contributed by atoms with Crippen molar-refractivity contribution in [3.63, 3.8) is 0 Å². The fourth-order valence-electron chi connectivity index (χ4n) is 3.41. The summed E-state index contributed by atoms with van der Waals surface area (Å²) in [5.74, 6) is -0.200. The number of likely N-dealkylation sites (tertiary alicyclic amines) is 1. The Balaban J connectivity index is 0.00000192. The van der Waals surface area contributed by atoms with Gasteiger partial charge in [-0.15, -0.1) is 25.6 Å². The van der Waals surface area contributed by atoms with E-state index in [4.69, 9.17) is 0 Å². The summed E-state index contributed by atoms with van der Waals surface area (Å²) in [5, 5.41) is 3.42. The van der Waals surface area contributed by atoms with Gasteiger partial charge in [0.2, 0.25) is 0 Å². The van der Waals surface area contributed by atoms with Crippen LogP contribution in [0.2, 0.25) is 0 Å². The summed E-state index contributed by atoms with van der Waals surface area (Å²) in [6.07, 6.45) is -2.26. The number of alkyl halides is 3. The molecule has 1 atom stereocenters. The lowest BCUT2D eigenvalue weighted by molar-refractivity contribution is -0.274. The molecule has 130 valence electrons. The number of halogens is 5. The zero-order chi connectivity index (χ0) is 15.8. The fourth-order valence-corrected chi connectivity index (χ4v) is 3.92. The molecular weight excluding hydrogens is 397 g/mol. The maximum atomic E-state index is 12.3. The van der Waals surface area contributed by atoms with E-state index in [1.54, 1.807) is 12.1 Å². The Labute approximate surface area is 148 Å². The smallest absolute Gasteiger partial charge is 0.405 e. The molecule has 1 N–H and O–H groups in total. The summed E-state index contributed by atoms with van der Waals surface area (Å²) < 4.78 is 41.1. The van der Waals surface area contributed by atoms with E-state index in [0.29, 0.717) is 9.89 Å². The molecule has 1 aromatic carbocycles. The first-order valence-corrected chi connectivity index (χ1v) is 8.12.